The first-order valence-corrected chi connectivity index (χ1v) is 10.8. The van der Waals surface area contributed by atoms with Gasteiger partial charge in [-0.2, -0.15) is 5.10 Å². The van der Waals surface area contributed by atoms with E-state index in [9.17, 15) is 13.2 Å². The summed E-state index contributed by atoms with van der Waals surface area (Å²) in [6, 6.07) is 7.62. The van der Waals surface area contributed by atoms with Gasteiger partial charge in [-0.1, -0.05) is 26.0 Å². The number of amides is 1. The second-order valence-corrected chi connectivity index (χ2v) is 9.03. The molecular weight excluding hydrogens is 390 g/mol. The van der Waals surface area contributed by atoms with Crippen molar-refractivity contribution in [2.45, 2.75) is 44.6 Å². The molecule has 0 saturated heterocycles. The molecule has 0 bridgehead atoms. The molecule has 0 aliphatic rings. The van der Waals surface area contributed by atoms with E-state index in [1.165, 1.54) is 12.1 Å². The number of nitrogens with one attached hydrogen (secondary N) is 1. The normalized spacial score (nSPS) is 13.1. The number of fused-ring (bicyclic) bond motifs is 1. The topological polar surface area (TPSA) is 120 Å². The lowest BCUT2D eigenvalue weighted by atomic mass is 10.0. The average molecular weight is 416 g/mol. The van der Waals surface area contributed by atoms with E-state index in [4.69, 9.17) is 5.14 Å². The standard InChI is InChI=1S/C20H25N5O3S/c1-11(2)17-10-16(18-13(4)24-25(5)19(18)23-17)20(26)22-12(3)14-6-8-15(9-7-14)29(21,27)28/h6-12H,1-5H3,(H,22,26)(H2,21,27,28)/t12-/m1/s1. The van der Waals surface area contributed by atoms with Gasteiger partial charge in [0.15, 0.2) is 5.65 Å². The van der Waals surface area contributed by atoms with Gasteiger partial charge < -0.3 is 5.32 Å². The number of pyridine rings is 1. The Morgan fingerprint density at radius 1 is 1.17 bits per heavy atom. The third kappa shape index (κ3) is 4.15. The Kier molecular flexibility index (Phi) is 5.46. The molecule has 2 aromatic heterocycles. The minimum atomic E-state index is -3.75. The van der Waals surface area contributed by atoms with Gasteiger partial charge in [0, 0.05) is 12.7 Å². The van der Waals surface area contributed by atoms with Crippen LogP contribution in [0, 0.1) is 6.92 Å². The summed E-state index contributed by atoms with van der Waals surface area (Å²) in [6.07, 6.45) is 0. The summed E-state index contributed by atoms with van der Waals surface area (Å²) in [5, 5.41) is 13.3. The van der Waals surface area contributed by atoms with Crippen molar-refractivity contribution in [3.05, 3.63) is 52.8 Å². The molecule has 3 aromatic rings. The summed E-state index contributed by atoms with van der Waals surface area (Å²) in [5.74, 6) is -0.0808. The number of hydrogen-bond acceptors (Lipinski definition) is 5. The maximum absolute atomic E-state index is 13.1. The van der Waals surface area contributed by atoms with Crippen molar-refractivity contribution in [2.24, 2.45) is 12.2 Å². The van der Waals surface area contributed by atoms with Gasteiger partial charge in [-0.05, 0) is 43.5 Å². The lowest BCUT2D eigenvalue weighted by Crippen LogP contribution is -2.27. The number of aromatic nitrogens is 3. The highest BCUT2D eigenvalue weighted by Crippen LogP contribution is 2.25. The molecule has 154 valence electrons. The Morgan fingerprint density at radius 2 is 1.79 bits per heavy atom. The Hall–Kier alpha value is -2.78. The third-order valence-corrected chi connectivity index (χ3v) is 5.81. The number of sulfonamides is 1. The van der Waals surface area contributed by atoms with E-state index in [1.54, 1.807) is 16.8 Å². The first-order chi connectivity index (χ1) is 13.5. The molecule has 1 aromatic carbocycles. The van der Waals surface area contributed by atoms with Gasteiger partial charge in [-0.3, -0.25) is 9.48 Å². The molecule has 0 spiro atoms. The fourth-order valence-corrected chi connectivity index (χ4v) is 3.76. The van der Waals surface area contributed by atoms with Crippen molar-refractivity contribution >= 4 is 27.0 Å². The minimum absolute atomic E-state index is 0.0307. The number of hydrogen-bond donors (Lipinski definition) is 2. The van der Waals surface area contributed by atoms with Crippen LogP contribution in [0.4, 0.5) is 0 Å². The molecule has 2 heterocycles. The number of carbonyl (C=O) groups excluding carboxylic acids is 1. The molecule has 29 heavy (non-hydrogen) atoms. The van der Waals surface area contributed by atoms with E-state index >= 15 is 0 Å². The maximum atomic E-state index is 13.1. The van der Waals surface area contributed by atoms with Gasteiger partial charge in [0.2, 0.25) is 10.0 Å². The summed E-state index contributed by atoms with van der Waals surface area (Å²) < 4.78 is 24.5. The highest BCUT2D eigenvalue weighted by molar-refractivity contribution is 7.89. The van der Waals surface area contributed by atoms with Crippen molar-refractivity contribution in [1.82, 2.24) is 20.1 Å². The van der Waals surface area contributed by atoms with E-state index < -0.39 is 10.0 Å². The fraction of sp³-hybridized carbons (Fsp3) is 0.350. The molecule has 0 radical (unpaired) electrons. The molecule has 0 aliphatic carbocycles. The zero-order valence-electron chi connectivity index (χ0n) is 17.1. The Morgan fingerprint density at radius 3 is 2.34 bits per heavy atom. The van der Waals surface area contributed by atoms with E-state index in [2.05, 4.69) is 15.4 Å². The van der Waals surface area contributed by atoms with Crippen LogP contribution < -0.4 is 10.5 Å². The van der Waals surface area contributed by atoms with Gasteiger partial charge in [0.1, 0.15) is 0 Å². The van der Waals surface area contributed by atoms with Gasteiger partial charge in [-0.25, -0.2) is 18.5 Å². The van der Waals surface area contributed by atoms with Crippen LogP contribution in [0.5, 0.6) is 0 Å². The summed E-state index contributed by atoms with van der Waals surface area (Å²) in [5.41, 5.74) is 3.51. The largest absolute Gasteiger partial charge is 0.345 e. The number of carbonyl (C=O) groups is 1. The van der Waals surface area contributed by atoms with Crippen LogP contribution >= 0.6 is 0 Å². The molecule has 0 aliphatic heterocycles. The molecular formula is C20H25N5O3S. The Bertz CT molecular complexity index is 1180. The molecule has 8 nitrogen and oxygen atoms in total. The molecule has 1 amide bonds. The van der Waals surface area contributed by atoms with Gasteiger partial charge in [-0.15, -0.1) is 0 Å². The van der Waals surface area contributed by atoms with Crippen LogP contribution in [0.2, 0.25) is 0 Å². The summed E-state index contributed by atoms with van der Waals surface area (Å²) in [7, 11) is -1.95. The van der Waals surface area contributed by atoms with Crippen LogP contribution in [0.15, 0.2) is 35.2 Å². The van der Waals surface area contributed by atoms with Crippen molar-refractivity contribution in [3.8, 4) is 0 Å². The van der Waals surface area contributed by atoms with Crippen molar-refractivity contribution < 1.29 is 13.2 Å². The Labute approximate surface area is 170 Å². The number of rotatable bonds is 5. The number of nitrogens with zero attached hydrogens (tertiary/aromatic N) is 3. The zero-order chi connectivity index (χ0) is 21.5. The number of primary sulfonamides is 1. The van der Waals surface area contributed by atoms with Crippen molar-refractivity contribution in [1.29, 1.82) is 0 Å². The SMILES string of the molecule is Cc1nn(C)c2nc(C(C)C)cc(C(=O)N[C@H](C)c3ccc(S(N)(=O)=O)cc3)c12. The number of aryl methyl sites for hydroxylation is 2. The summed E-state index contributed by atoms with van der Waals surface area (Å²) >= 11 is 0. The quantitative estimate of drug-likeness (QED) is 0.663. The predicted molar refractivity (Wildman–Crippen MR) is 111 cm³/mol. The van der Waals surface area contributed by atoms with Gasteiger partial charge in [0.25, 0.3) is 5.91 Å². The van der Waals surface area contributed by atoms with E-state index in [-0.39, 0.29) is 22.8 Å². The fourth-order valence-electron chi connectivity index (χ4n) is 3.24. The molecule has 0 unspecified atom stereocenters. The monoisotopic (exact) mass is 415 g/mol. The van der Waals surface area contributed by atoms with Crippen LogP contribution in [-0.4, -0.2) is 29.1 Å². The number of benzene rings is 1. The predicted octanol–water partition coefficient (Wildman–Crippen LogP) is 2.54. The molecule has 3 rings (SSSR count). The molecule has 9 heteroatoms. The lowest BCUT2D eigenvalue weighted by Gasteiger charge is -2.16. The maximum Gasteiger partial charge on any atom is 0.252 e. The molecule has 3 N–H and O–H groups in total. The molecule has 0 fully saturated rings. The van der Waals surface area contributed by atoms with E-state index in [0.29, 0.717) is 11.2 Å². The summed E-state index contributed by atoms with van der Waals surface area (Å²) in [6.45, 7) is 7.73. The highest BCUT2D eigenvalue weighted by atomic mass is 32.2. The lowest BCUT2D eigenvalue weighted by molar-refractivity contribution is 0.0941. The van der Waals surface area contributed by atoms with Crippen LogP contribution in [0.25, 0.3) is 11.0 Å². The zero-order valence-corrected chi connectivity index (χ0v) is 17.9. The van der Waals surface area contributed by atoms with Gasteiger partial charge in [0.05, 0.1) is 27.6 Å². The first-order valence-electron chi connectivity index (χ1n) is 9.27. The van der Waals surface area contributed by atoms with Crippen molar-refractivity contribution in [3.63, 3.8) is 0 Å². The highest BCUT2D eigenvalue weighted by Gasteiger charge is 2.21. The second kappa shape index (κ2) is 7.57. The van der Waals surface area contributed by atoms with Crippen molar-refractivity contribution in [2.75, 3.05) is 0 Å². The smallest absolute Gasteiger partial charge is 0.252 e. The van der Waals surface area contributed by atoms with Gasteiger partial charge >= 0.3 is 0 Å². The van der Waals surface area contributed by atoms with E-state index in [0.717, 1.165) is 22.3 Å². The minimum Gasteiger partial charge on any atom is -0.345 e. The average Bonchev–Trinajstić information content (AvgIpc) is 2.94. The van der Waals surface area contributed by atoms with E-state index in [1.807, 2.05) is 40.8 Å². The van der Waals surface area contributed by atoms with Crippen LogP contribution in [-0.2, 0) is 17.1 Å². The Balaban J connectivity index is 1.95. The third-order valence-electron chi connectivity index (χ3n) is 4.88. The van der Waals surface area contributed by atoms with Crippen LogP contribution in [0.1, 0.15) is 60.0 Å². The second-order valence-electron chi connectivity index (χ2n) is 7.47. The van der Waals surface area contributed by atoms with Crippen LogP contribution in [0.3, 0.4) is 0 Å². The summed E-state index contributed by atoms with van der Waals surface area (Å²) in [4.78, 5) is 17.8. The first kappa shape index (κ1) is 20.9. The molecule has 1 atom stereocenters. The molecule has 0 saturated carbocycles. The number of nitrogens with two attached hydrogens (primary N) is 1.